The zero-order valence-corrected chi connectivity index (χ0v) is 12.5. The van der Waals surface area contributed by atoms with Crippen molar-refractivity contribution < 1.29 is 0 Å². The fraction of sp³-hybridized carbons (Fsp3) is 0.429. The van der Waals surface area contributed by atoms with E-state index < -0.39 is 11.1 Å². The Morgan fingerprint density at radius 3 is 2.67 bits per heavy atom. The van der Waals surface area contributed by atoms with Gasteiger partial charge in [0.2, 0.25) is 0 Å². The first-order valence-electron chi connectivity index (χ1n) is 6.85. The van der Waals surface area contributed by atoms with Crippen molar-refractivity contribution in [3.05, 3.63) is 50.7 Å². The van der Waals surface area contributed by atoms with Crippen molar-refractivity contribution in [3.63, 3.8) is 0 Å². The number of hydrogen-bond donors (Lipinski definition) is 1. The van der Waals surface area contributed by atoms with Gasteiger partial charge in [-0.3, -0.25) is 9.59 Å². The highest BCUT2D eigenvalue weighted by atomic mass is 16.2. The molecule has 0 atom stereocenters. The average molecular weight is 289 g/mol. The lowest BCUT2D eigenvalue weighted by atomic mass is 10.4. The van der Waals surface area contributed by atoms with Crippen LogP contribution in [0.2, 0.25) is 0 Å². The minimum Gasteiger partial charge on any atom is -0.370 e. The minimum atomic E-state index is -0.576. The molecule has 0 saturated heterocycles. The highest BCUT2D eigenvalue weighted by molar-refractivity contribution is 5.35. The van der Waals surface area contributed by atoms with Gasteiger partial charge in [-0.1, -0.05) is 6.92 Å². The summed E-state index contributed by atoms with van der Waals surface area (Å²) in [6, 6.07) is 1.85. The van der Waals surface area contributed by atoms with Gasteiger partial charge in [0.1, 0.15) is 5.82 Å². The molecule has 0 fully saturated rings. The fourth-order valence-corrected chi connectivity index (χ4v) is 1.91. The topological polar surface area (TPSA) is 81.8 Å². The summed E-state index contributed by atoms with van der Waals surface area (Å²) >= 11 is 0. The van der Waals surface area contributed by atoms with Crippen molar-refractivity contribution >= 4 is 5.82 Å². The summed E-state index contributed by atoms with van der Waals surface area (Å²) in [4.78, 5) is 32.2. The van der Waals surface area contributed by atoms with E-state index in [-0.39, 0.29) is 6.54 Å². The Kier molecular flexibility index (Phi) is 4.52. The Morgan fingerprint density at radius 1 is 1.19 bits per heavy atom. The Balaban J connectivity index is 2.31. The molecule has 2 heterocycles. The SMILES string of the molecule is CCCNc1cc(C)nc(Cn2ccn(C)c(=O)c2=O)n1. The summed E-state index contributed by atoms with van der Waals surface area (Å²) < 4.78 is 2.57. The average Bonchev–Trinajstić information content (AvgIpc) is 2.45. The second kappa shape index (κ2) is 6.34. The molecular formula is C14H19N5O2. The molecule has 0 unspecified atom stereocenters. The van der Waals surface area contributed by atoms with Crippen LogP contribution in [0.3, 0.4) is 0 Å². The number of aromatic nitrogens is 4. The first-order valence-corrected chi connectivity index (χ1v) is 6.85. The second-order valence-electron chi connectivity index (χ2n) is 4.88. The van der Waals surface area contributed by atoms with Crippen molar-refractivity contribution in [2.45, 2.75) is 26.8 Å². The summed E-state index contributed by atoms with van der Waals surface area (Å²) in [7, 11) is 1.55. The number of hydrogen-bond acceptors (Lipinski definition) is 5. The van der Waals surface area contributed by atoms with Crippen molar-refractivity contribution in [3.8, 4) is 0 Å². The van der Waals surface area contributed by atoms with Gasteiger partial charge in [-0.2, -0.15) is 0 Å². The summed E-state index contributed by atoms with van der Waals surface area (Å²) in [5.74, 6) is 1.24. The van der Waals surface area contributed by atoms with Crippen LogP contribution in [0.5, 0.6) is 0 Å². The van der Waals surface area contributed by atoms with Gasteiger partial charge in [-0.25, -0.2) is 9.97 Å². The van der Waals surface area contributed by atoms with E-state index in [0.29, 0.717) is 5.82 Å². The molecule has 0 aliphatic heterocycles. The van der Waals surface area contributed by atoms with Crippen molar-refractivity contribution in [2.24, 2.45) is 7.05 Å². The largest absolute Gasteiger partial charge is 0.370 e. The van der Waals surface area contributed by atoms with Crippen molar-refractivity contribution in [1.82, 2.24) is 19.1 Å². The molecule has 0 radical (unpaired) electrons. The van der Waals surface area contributed by atoms with Crippen LogP contribution in [0, 0.1) is 6.92 Å². The van der Waals surface area contributed by atoms with Gasteiger partial charge in [-0.05, 0) is 13.3 Å². The normalized spacial score (nSPS) is 10.6. The molecule has 7 heteroatoms. The van der Waals surface area contributed by atoms with E-state index in [1.54, 1.807) is 19.4 Å². The number of anilines is 1. The molecule has 0 spiro atoms. The van der Waals surface area contributed by atoms with E-state index >= 15 is 0 Å². The van der Waals surface area contributed by atoms with Crippen LogP contribution in [-0.4, -0.2) is 25.6 Å². The molecule has 7 nitrogen and oxygen atoms in total. The maximum absolute atomic E-state index is 11.9. The highest BCUT2D eigenvalue weighted by Gasteiger charge is 2.07. The standard InChI is InChI=1S/C14H19N5O2/c1-4-5-15-11-8-10(2)16-12(17-11)9-19-7-6-18(3)13(20)14(19)21/h6-8H,4-5,9H2,1-3H3,(H,15,16,17). The fourth-order valence-electron chi connectivity index (χ4n) is 1.91. The first kappa shape index (κ1) is 15.0. The maximum Gasteiger partial charge on any atom is 0.316 e. The molecule has 0 aliphatic rings. The zero-order chi connectivity index (χ0) is 15.4. The van der Waals surface area contributed by atoms with E-state index in [2.05, 4.69) is 22.2 Å². The molecule has 0 amide bonds. The third-order valence-electron chi connectivity index (χ3n) is 3.00. The predicted molar refractivity (Wildman–Crippen MR) is 80.6 cm³/mol. The lowest BCUT2D eigenvalue weighted by Crippen LogP contribution is -2.39. The van der Waals surface area contributed by atoms with Crippen LogP contribution >= 0.6 is 0 Å². The van der Waals surface area contributed by atoms with Gasteiger partial charge in [0, 0.05) is 37.7 Å². The molecule has 1 N–H and O–H groups in total. The number of nitrogens with one attached hydrogen (secondary N) is 1. The molecular weight excluding hydrogens is 270 g/mol. The van der Waals surface area contributed by atoms with E-state index in [4.69, 9.17) is 0 Å². The van der Waals surface area contributed by atoms with E-state index in [0.717, 1.165) is 24.5 Å². The third kappa shape index (κ3) is 3.56. The van der Waals surface area contributed by atoms with Gasteiger partial charge in [0.05, 0.1) is 6.54 Å². The molecule has 2 aromatic heterocycles. The number of rotatable bonds is 5. The molecule has 21 heavy (non-hydrogen) atoms. The Hall–Kier alpha value is -2.44. The summed E-state index contributed by atoms with van der Waals surface area (Å²) in [5, 5.41) is 3.19. The smallest absolute Gasteiger partial charge is 0.316 e. The molecule has 112 valence electrons. The van der Waals surface area contributed by atoms with Gasteiger partial charge < -0.3 is 14.5 Å². The van der Waals surface area contributed by atoms with Gasteiger partial charge >= 0.3 is 11.1 Å². The van der Waals surface area contributed by atoms with Crippen molar-refractivity contribution in [2.75, 3.05) is 11.9 Å². The van der Waals surface area contributed by atoms with Crippen LogP contribution in [-0.2, 0) is 13.6 Å². The quantitative estimate of drug-likeness (QED) is 0.811. The van der Waals surface area contributed by atoms with Crippen LogP contribution in [0.1, 0.15) is 24.9 Å². The number of aryl methyl sites for hydroxylation is 2. The Morgan fingerprint density at radius 2 is 1.95 bits per heavy atom. The molecule has 0 saturated carbocycles. The predicted octanol–water partition coefficient (Wildman–Crippen LogP) is 0.516. The van der Waals surface area contributed by atoms with E-state index in [1.807, 2.05) is 13.0 Å². The Labute approximate surface area is 122 Å². The van der Waals surface area contributed by atoms with E-state index in [1.165, 1.54) is 9.13 Å². The minimum absolute atomic E-state index is 0.178. The zero-order valence-electron chi connectivity index (χ0n) is 12.5. The van der Waals surface area contributed by atoms with Crippen LogP contribution < -0.4 is 16.4 Å². The van der Waals surface area contributed by atoms with E-state index in [9.17, 15) is 9.59 Å². The van der Waals surface area contributed by atoms with Crippen LogP contribution in [0.15, 0.2) is 28.0 Å². The first-order chi connectivity index (χ1) is 10.0. The summed E-state index contributed by atoms with van der Waals surface area (Å²) in [6.45, 7) is 4.94. The lowest BCUT2D eigenvalue weighted by Gasteiger charge is -2.09. The summed E-state index contributed by atoms with van der Waals surface area (Å²) in [6.07, 6.45) is 4.11. The third-order valence-corrected chi connectivity index (χ3v) is 3.00. The number of nitrogens with zero attached hydrogens (tertiary/aromatic N) is 4. The van der Waals surface area contributed by atoms with Crippen LogP contribution in [0.4, 0.5) is 5.82 Å². The molecule has 2 aromatic rings. The summed E-state index contributed by atoms with van der Waals surface area (Å²) in [5.41, 5.74) is -0.321. The van der Waals surface area contributed by atoms with Gasteiger partial charge in [0.15, 0.2) is 5.82 Å². The molecule has 0 aliphatic carbocycles. The lowest BCUT2D eigenvalue weighted by molar-refractivity contribution is 0.668. The second-order valence-corrected chi connectivity index (χ2v) is 4.88. The van der Waals surface area contributed by atoms with Gasteiger partial charge in [-0.15, -0.1) is 0 Å². The highest BCUT2D eigenvalue weighted by Crippen LogP contribution is 2.06. The monoisotopic (exact) mass is 289 g/mol. The van der Waals surface area contributed by atoms with Gasteiger partial charge in [0.25, 0.3) is 0 Å². The van der Waals surface area contributed by atoms with Crippen LogP contribution in [0.25, 0.3) is 0 Å². The Bertz CT molecular complexity index is 748. The molecule has 0 bridgehead atoms. The molecule has 2 rings (SSSR count). The molecule has 0 aromatic carbocycles. The maximum atomic E-state index is 11.9. The van der Waals surface area contributed by atoms with Crippen molar-refractivity contribution in [1.29, 1.82) is 0 Å².